The molecule has 0 heterocycles. The molecule has 2 amide bonds. The van der Waals surface area contributed by atoms with Crippen LogP contribution >= 0.6 is 0 Å². The zero-order chi connectivity index (χ0) is 15.7. The van der Waals surface area contributed by atoms with Crippen molar-refractivity contribution in [2.45, 2.75) is 13.3 Å². The van der Waals surface area contributed by atoms with E-state index in [9.17, 15) is 9.59 Å². The molecule has 0 aliphatic heterocycles. The van der Waals surface area contributed by atoms with Crippen molar-refractivity contribution in [2.75, 3.05) is 20.8 Å². The smallest absolute Gasteiger partial charge is 0.329 e. The monoisotopic (exact) mass is 293 g/mol. The maximum absolute atomic E-state index is 11.4. The third-order valence-electron chi connectivity index (χ3n) is 2.53. The lowest BCUT2D eigenvalue weighted by Crippen LogP contribution is -2.38. The zero-order valence-electron chi connectivity index (χ0n) is 12.3. The summed E-state index contributed by atoms with van der Waals surface area (Å²) < 4.78 is 10.3. The van der Waals surface area contributed by atoms with Crippen molar-refractivity contribution < 1.29 is 19.1 Å². The van der Waals surface area contributed by atoms with Gasteiger partial charge in [-0.05, 0) is 30.2 Å². The predicted octanol–water partition coefficient (Wildman–Crippen LogP) is 0.680. The van der Waals surface area contributed by atoms with Crippen LogP contribution in [0.4, 0.5) is 0 Å². The van der Waals surface area contributed by atoms with E-state index in [0.29, 0.717) is 23.6 Å². The summed E-state index contributed by atoms with van der Waals surface area (Å²) in [5.74, 6) is -0.368. The number of carbonyl (C=O) groups is 2. The molecule has 0 aliphatic rings. The topological polar surface area (TPSA) is 89.0 Å². The molecule has 0 saturated heterocycles. The van der Waals surface area contributed by atoms with Crippen LogP contribution in [0.5, 0.6) is 11.5 Å². The van der Waals surface area contributed by atoms with Crippen LogP contribution in [0, 0.1) is 0 Å². The van der Waals surface area contributed by atoms with Crippen LogP contribution in [0.15, 0.2) is 23.3 Å². The number of amides is 2. The maximum atomic E-state index is 11.4. The molecule has 7 heteroatoms. The van der Waals surface area contributed by atoms with Gasteiger partial charge in [-0.15, -0.1) is 0 Å². The fourth-order valence-corrected chi connectivity index (χ4v) is 1.47. The van der Waals surface area contributed by atoms with Gasteiger partial charge in [-0.25, -0.2) is 5.43 Å². The second-order valence-electron chi connectivity index (χ2n) is 4.07. The summed E-state index contributed by atoms with van der Waals surface area (Å²) >= 11 is 0. The minimum absolute atomic E-state index is 0.450. The van der Waals surface area contributed by atoms with E-state index in [4.69, 9.17) is 9.47 Å². The van der Waals surface area contributed by atoms with Crippen molar-refractivity contribution in [1.82, 2.24) is 10.7 Å². The highest BCUT2D eigenvalue weighted by molar-refractivity contribution is 6.35. The molecule has 0 saturated carbocycles. The summed E-state index contributed by atoms with van der Waals surface area (Å²) in [7, 11) is 3.07. The normalized spacial score (nSPS) is 10.2. The van der Waals surface area contributed by atoms with Gasteiger partial charge in [0.15, 0.2) is 11.5 Å². The van der Waals surface area contributed by atoms with Crippen molar-refractivity contribution in [2.24, 2.45) is 5.10 Å². The number of methoxy groups -OCH3 is 2. The highest BCUT2D eigenvalue weighted by atomic mass is 16.5. The van der Waals surface area contributed by atoms with Crippen LogP contribution in [-0.4, -0.2) is 38.8 Å². The molecule has 0 atom stereocenters. The number of hydrogen-bond donors (Lipinski definition) is 2. The summed E-state index contributed by atoms with van der Waals surface area (Å²) in [6, 6.07) is 5.16. The van der Waals surface area contributed by atoms with Crippen molar-refractivity contribution in [3.8, 4) is 11.5 Å². The van der Waals surface area contributed by atoms with Crippen molar-refractivity contribution >= 4 is 18.0 Å². The Morgan fingerprint density at radius 3 is 2.52 bits per heavy atom. The molecule has 0 radical (unpaired) electrons. The Hall–Kier alpha value is -2.57. The highest BCUT2D eigenvalue weighted by Crippen LogP contribution is 2.26. The second-order valence-corrected chi connectivity index (χ2v) is 4.07. The van der Waals surface area contributed by atoms with E-state index in [1.165, 1.54) is 13.3 Å². The summed E-state index contributed by atoms with van der Waals surface area (Å²) in [6.45, 7) is 2.35. The van der Waals surface area contributed by atoms with Gasteiger partial charge in [0.1, 0.15) is 0 Å². The van der Waals surface area contributed by atoms with E-state index in [-0.39, 0.29) is 0 Å². The summed E-state index contributed by atoms with van der Waals surface area (Å²) in [5, 5.41) is 6.17. The maximum Gasteiger partial charge on any atom is 0.329 e. The molecule has 0 fully saturated rings. The molecule has 7 nitrogen and oxygen atoms in total. The van der Waals surface area contributed by atoms with Crippen molar-refractivity contribution in [1.29, 1.82) is 0 Å². The number of nitrogens with zero attached hydrogens (tertiary/aromatic N) is 1. The highest BCUT2D eigenvalue weighted by Gasteiger charge is 2.10. The molecule has 2 N–H and O–H groups in total. The van der Waals surface area contributed by atoms with Gasteiger partial charge < -0.3 is 14.8 Å². The molecular weight excluding hydrogens is 274 g/mol. The van der Waals surface area contributed by atoms with Crippen LogP contribution in [0.3, 0.4) is 0 Å². The minimum Gasteiger partial charge on any atom is -0.493 e. The van der Waals surface area contributed by atoms with Gasteiger partial charge in [-0.3, -0.25) is 9.59 Å². The number of nitrogens with one attached hydrogen (secondary N) is 2. The Balaban J connectivity index is 2.61. The SMILES string of the molecule is CCCNC(=O)C(=O)N/N=C\c1ccc(OC)c(OC)c1. The van der Waals surface area contributed by atoms with Crippen molar-refractivity contribution in [3.63, 3.8) is 0 Å². The van der Waals surface area contributed by atoms with Gasteiger partial charge in [0.05, 0.1) is 20.4 Å². The van der Waals surface area contributed by atoms with E-state index < -0.39 is 11.8 Å². The Bertz CT molecular complexity index is 529. The molecule has 114 valence electrons. The van der Waals surface area contributed by atoms with E-state index in [1.807, 2.05) is 6.92 Å². The number of carbonyl (C=O) groups excluding carboxylic acids is 2. The lowest BCUT2D eigenvalue weighted by molar-refractivity contribution is -0.139. The second kappa shape index (κ2) is 8.57. The summed E-state index contributed by atoms with van der Waals surface area (Å²) in [6.07, 6.45) is 2.17. The number of hydrogen-bond acceptors (Lipinski definition) is 5. The largest absolute Gasteiger partial charge is 0.493 e. The number of hydrazone groups is 1. The average Bonchev–Trinajstić information content (AvgIpc) is 2.52. The van der Waals surface area contributed by atoms with E-state index >= 15 is 0 Å². The summed E-state index contributed by atoms with van der Waals surface area (Å²) in [5.41, 5.74) is 2.85. The average molecular weight is 293 g/mol. The molecule has 0 spiro atoms. The zero-order valence-corrected chi connectivity index (χ0v) is 12.3. The molecule has 0 bridgehead atoms. The Morgan fingerprint density at radius 1 is 1.19 bits per heavy atom. The third-order valence-corrected chi connectivity index (χ3v) is 2.53. The molecule has 21 heavy (non-hydrogen) atoms. The van der Waals surface area contributed by atoms with E-state index in [0.717, 1.165) is 6.42 Å². The van der Waals surface area contributed by atoms with Gasteiger partial charge >= 0.3 is 11.8 Å². The standard InChI is InChI=1S/C14H19N3O4/c1-4-7-15-13(18)14(19)17-16-9-10-5-6-11(20-2)12(8-10)21-3/h5-6,8-9H,4,7H2,1-3H3,(H,15,18)(H,17,19)/b16-9-. The van der Waals surface area contributed by atoms with Gasteiger partial charge in [0.25, 0.3) is 0 Å². The van der Waals surface area contributed by atoms with Crippen LogP contribution in [-0.2, 0) is 9.59 Å². The molecule has 0 aliphatic carbocycles. The molecule has 0 aromatic heterocycles. The molecule has 1 aromatic carbocycles. The van der Waals surface area contributed by atoms with Gasteiger partial charge in [-0.2, -0.15) is 5.10 Å². The van der Waals surface area contributed by atoms with Crippen LogP contribution in [0.1, 0.15) is 18.9 Å². The fraction of sp³-hybridized carbons (Fsp3) is 0.357. The van der Waals surface area contributed by atoms with Gasteiger partial charge in [-0.1, -0.05) is 6.92 Å². The number of rotatable bonds is 6. The molecule has 1 rings (SSSR count). The van der Waals surface area contributed by atoms with Crippen LogP contribution in [0.2, 0.25) is 0 Å². The first-order valence-corrected chi connectivity index (χ1v) is 6.45. The molecule has 1 aromatic rings. The quantitative estimate of drug-likeness (QED) is 0.458. The summed E-state index contributed by atoms with van der Waals surface area (Å²) in [4.78, 5) is 22.7. The third kappa shape index (κ3) is 5.13. The molecule has 0 unspecified atom stereocenters. The minimum atomic E-state index is -0.805. The van der Waals surface area contributed by atoms with Crippen LogP contribution in [0.25, 0.3) is 0 Å². The Morgan fingerprint density at radius 2 is 1.90 bits per heavy atom. The number of ether oxygens (including phenoxy) is 2. The van der Waals surface area contributed by atoms with E-state index in [2.05, 4.69) is 15.8 Å². The number of benzene rings is 1. The van der Waals surface area contributed by atoms with Gasteiger partial charge in [0, 0.05) is 6.54 Å². The first-order valence-electron chi connectivity index (χ1n) is 6.45. The van der Waals surface area contributed by atoms with E-state index in [1.54, 1.807) is 25.3 Å². The molecular formula is C14H19N3O4. The Labute approximate surface area is 123 Å². The first-order chi connectivity index (χ1) is 10.1. The predicted molar refractivity (Wildman–Crippen MR) is 78.6 cm³/mol. The Kier molecular flexibility index (Phi) is 6.73. The lowest BCUT2D eigenvalue weighted by Gasteiger charge is -2.07. The van der Waals surface area contributed by atoms with Crippen LogP contribution < -0.4 is 20.2 Å². The first kappa shape index (κ1) is 16.5. The fourth-order valence-electron chi connectivity index (χ4n) is 1.47. The van der Waals surface area contributed by atoms with Gasteiger partial charge in [0.2, 0.25) is 0 Å². The lowest BCUT2D eigenvalue weighted by atomic mass is 10.2. The van der Waals surface area contributed by atoms with Crippen molar-refractivity contribution in [3.05, 3.63) is 23.8 Å².